The zero-order valence-corrected chi connectivity index (χ0v) is 13.6. The molecule has 0 bridgehead atoms. The second-order valence-electron chi connectivity index (χ2n) is 5.38. The highest BCUT2D eigenvalue weighted by atomic mass is 16.5. The second kappa shape index (κ2) is 6.56. The van der Waals surface area contributed by atoms with Gasteiger partial charge in [0.05, 0.1) is 12.8 Å². The normalized spacial score (nSPS) is 11.4. The van der Waals surface area contributed by atoms with Gasteiger partial charge >= 0.3 is 0 Å². The molecule has 0 atom stereocenters. The molecule has 0 spiro atoms. The van der Waals surface area contributed by atoms with Crippen LogP contribution in [0, 0.1) is 0 Å². The molecule has 7 heteroatoms. The van der Waals surface area contributed by atoms with E-state index in [9.17, 15) is 0 Å². The Labute approximate surface area is 143 Å². The van der Waals surface area contributed by atoms with Crippen LogP contribution in [0.1, 0.15) is 12.5 Å². The topological polar surface area (TPSA) is 88.1 Å². The van der Waals surface area contributed by atoms with Crippen molar-refractivity contribution in [3.05, 3.63) is 54.1 Å². The van der Waals surface area contributed by atoms with Crippen LogP contribution in [0.25, 0.3) is 22.1 Å². The van der Waals surface area contributed by atoms with Crippen molar-refractivity contribution in [3.8, 4) is 5.75 Å². The molecule has 0 fully saturated rings. The summed E-state index contributed by atoms with van der Waals surface area (Å²) in [5, 5.41) is 13.5. The van der Waals surface area contributed by atoms with Gasteiger partial charge in [0.15, 0.2) is 5.65 Å². The summed E-state index contributed by atoms with van der Waals surface area (Å²) < 4.78 is 5.41. The molecule has 0 saturated carbocycles. The zero-order chi connectivity index (χ0) is 17.1. The summed E-state index contributed by atoms with van der Waals surface area (Å²) in [6.45, 7) is 2.60. The fourth-order valence-electron chi connectivity index (χ4n) is 2.55. The van der Waals surface area contributed by atoms with Crippen LogP contribution in [-0.2, 0) is 0 Å². The number of para-hydroxylation sites is 1. The second-order valence-corrected chi connectivity index (χ2v) is 5.38. The first-order valence-electron chi connectivity index (χ1n) is 7.96. The highest BCUT2D eigenvalue weighted by molar-refractivity contribution is 6.03. The summed E-state index contributed by atoms with van der Waals surface area (Å²) in [7, 11) is 0. The molecule has 0 saturated heterocycles. The predicted octanol–water partition coefficient (Wildman–Crippen LogP) is 3.35. The van der Waals surface area contributed by atoms with E-state index in [0.29, 0.717) is 18.2 Å². The smallest absolute Gasteiger partial charge is 0.265 e. The van der Waals surface area contributed by atoms with Gasteiger partial charge in [0.25, 0.3) is 5.95 Å². The highest BCUT2D eigenvalue weighted by Crippen LogP contribution is 2.21. The lowest BCUT2D eigenvalue weighted by molar-refractivity contribution is 0.340. The number of benzene rings is 2. The number of hydrazone groups is 1. The third-order valence-corrected chi connectivity index (χ3v) is 3.69. The lowest BCUT2D eigenvalue weighted by Gasteiger charge is -2.02. The third kappa shape index (κ3) is 3.12. The fourth-order valence-corrected chi connectivity index (χ4v) is 2.55. The summed E-state index contributed by atoms with van der Waals surface area (Å²) in [6.07, 6.45) is 1.69. The van der Waals surface area contributed by atoms with Gasteiger partial charge in [0.2, 0.25) is 0 Å². The Morgan fingerprint density at radius 3 is 2.80 bits per heavy atom. The fraction of sp³-hybridized carbons (Fsp3) is 0.111. The molecule has 4 rings (SSSR count). The third-order valence-electron chi connectivity index (χ3n) is 3.69. The van der Waals surface area contributed by atoms with Crippen LogP contribution in [0.5, 0.6) is 5.75 Å². The number of rotatable bonds is 5. The van der Waals surface area contributed by atoms with E-state index in [2.05, 4.69) is 30.7 Å². The van der Waals surface area contributed by atoms with Gasteiger partial charge in [-0.25, -0.2) is 5.43 Å². The van der Waals surface area contributed by atoms with Crippen molar-refractivity contribution in [2.24, 2.45) is 5.10 Å². The molecule has 0 radical (unpaired) electrons. The number of ether oxygens (including phenoxy) is 1. The van der Waals surface area contributed by atoms with Crippen LogP contribution in [0.4, 0.5) is 5.95 Å². The Kier molecular flexibility index (Phi) is 3.96. The van der Waals surface area contributed by atoms with Gasteiger partial charge in [-0.2, -0.15) is 10.1 Å². The Morgan fingerprint density at radius 2 is 1.96 bits per heavy atom. The number of nitrogens with zero attached hydrogens (tertiary/aromatic N) is 4. The minimum absolute atomic E-state index is 0.334. The lowest BCUT2D eigenvalue weighted by atomic mass is 10.2. The summed E-state index contributed by atoms with van der Waals surface area (Å²) in [4.78, 5) is 7.63. The Balaban J connectivity index is 1.51. The van der Waals surface area contributed by atoms with Gasteiger partial charge in [-0.1, -0.05) is 18.2 Å². The van der Waals surface area contributed by atoms with E-state index < -0.39 is 0 Å². The molecule has 4 aromatic rings. The quantitative estimate of drug-likeness (QED) is 0.432. The van der Waals surface area contributed by atoms with Crippen LogP contribution < -0.4 is 10.2 Å². The van der Waals surface area contributed by atoms with E-state index in [1.165, 1.54) is 0 Å². The molecule has 0 unspecified atom stereocenters. The molecule has 124 valence electrons. The monoisotopic (exact) mass is 332 g/mol. The van der Waals surface area contributed by atoms with Crippen molar-refractivity contribution >= 4 is 34.2 Å². The van der Waals surface area contributed by atoms with Crippen molar-refractivity contribution in [1.82, 2.24) is 20.2 Å². The van der Waals surface area contributed by atoms with Gasteiger partial charge in [0.1, 0.15) is 11.3 Å². The van der Waals surface area contributed by atoms with Crippen molar-refractivity contribution in [3.63, 3.8) is 0 Å². The first-order chi connectivity index (χ1) is 12.3. The SMILES string of the molecule is CCOc1ccc(/C=N\Nc2nnc3c(n2)[nH]c2ccccc23)cc1. The molecule has 0 amide bonds. The molecule has 2 aromatic carbocycles. The molecule has 0 aliphatic heterocycles. The van der Waals surface area contributed by atoms with Gasteiger partial charge < -0.3 is 9.72 Å². The summed E-state index contributed by atoms with van der Waals surface area (Å²) in [5.74, 6) is 1.17. The maximum absolute atomic E-state index is 5.41. The van der Waals surface area contributed by atoms with E-state index in [1.54, 1.807) is 6.21 Å². The first-order valence-corrected chi connectivity index (χ1v) is 7.96. The lowest BCUT2D eigenvalue weighted by Crippen LogP contribution is -1.99. The average molecular weight is 332 g/mol. The van der Waals surface area contributed by atoms with Crippen LogP contribution in [0.3, 0.4) is 0 Å². The van der Waals surface area contributed by atoms with E-state index >= 15 is 0 Å². The molecule has 0 aliphatic rings. The minimum atomic E-state index is 0.334. The van der Waals surface area contributed by atoms with Gasteiger partial charge in [-0.15, -0.1) is 10.2 Å². The molecular formula is C18H16N6O. The highest BCUT2D eigenvalue weighted by Gasteiger charge is 2.07. The van der Waals surface area contributed by atoms with Crippen molar-refractivity contribution in [2.45, 2.75) is 6.92 Å². The largest absolute Gasteiger partial charge is 0.494 e. The number of anilines is 1. The Morgan fingerprint density at radius 1 is 1.12 bits per heavy atom. The number of aromatic nitrogens is 4. The van der Waals surface area contributed by atoms with Crippen LogP contribution in [-0.4, -0.2) is 33.0 Å². The number of hydrogen-bond acceptors (Lipinski definition) is 6. The maximum Gasteiger partial charge on any atom is 0.265 e. The van der Waals surface area contributed by atoms with Crippen LogP contribution in [0.2, 0.25) is 0 Å². The summed E-state index contributed by atoms with van der Waals surface area (Å²) >= 11 is 0. The van der Waals surface area contributed by atoms with E-state index in [4.69, 9.17) is 4.74 Å². The number of aromatic amines is 1. The van der Waals surface area contributed by atoms with Crippen LogP contribution in [0.15, 0.2) is 53.6 Å². The van der Waals surface area contributed by atoms with E-state index in [1.807, 2.05) is 55.5 Å². The van der Waals surface area contributed by atoms with Gasteiger partial charge in [-0.3, -0.25) is 0 Å². The average Bonchev–Trinajstić information content (AvgIpc) is 3.01. The predicted molar refractivity (Wildman–Crippen MR) is 98.0 cm³/mol. The molecule has 2 N–H and O–H groups in total. The van der Waals surface area contributed by atoms with Crippen LogP contribution >= 0.6 is 0 Å². The van der Waals surface area contributed by atoms with Gasteiger partial charge in [0, 0.05) is 10.9 Å². The number of nitrogens with one attached hydrogen (secondary N) is 2. The van der Waals surface area contributed by atoms with Crippen molar-refractivity contribution in [2.75, 3.05) is 12.0 Å². The zero-order valence-electron chi connectivity index (χ0n) is 13.6. The Bertz CT molecular complexity index is 1040. The molecule has 25 heavy (non-hydrogen) atoms. The molecule has 2 heterocycles. The first kappa shape index (κ1) is 15.1. The van der Waals surface area contributed by atoms with Crippen molar-refractivity contribution in [1.29, 1.82) is 0 Å². The molecule has 2 aromatic heterocycles. The van der Waals surface area contributed by atoms with Crippen molar-refractivity contribution < 1.29 is 4.74 Å². The minimum Gasteiger partial charge on any atom is -0.494 e. The van der Waals surface area contributed by atoms with E-state index in [0.717, 1.165) is 27.7 Å². The molecule has 0 aliphatic carbocycles. The number of fused-ring (bicyclic) bond motifs is 3. The number of H-pyrrole nitrogens is 1. The molecule has 7 nitrogen and oxygen atoms in total. The molecular weight excluding hydrogens is 316 g/mol. The number of hydrogen-bond donors (Lipinski definition) is 2. The standard InChI is InChI=1S/C18H16N6O/c1-2-25-13-9-7-12(8-10-13)11-19-23-18-21-17-16(22-24-18)14-5-3-4-6-15(14)20-17/h3-11H,2H2,1H3,(H2,20,21,23,24)/b19-11-. The summed E-state index contributed by atoms with van der Waals surface area (Å²) in [5.41, 5.74) is 6.15. The van der Waals surface area contributed by atoms with Gasteiger partial charge in [-0.05, 0) is 42.8 Å². The summed E-state index contributed by atoms with van der Waals surface area (Å²) in [6, 6.07) is 15.6. The Hall–Kier alpha value is -3.48. The van der Waals surface area contributed by atoms with E-state index in [-0.39, 0.29) is 0 Å². The maximum atomic E-state index is 5.41.